The third kappa shape index (κ3) is 4.81. The molecule has 23 heavy (non-hydrogen) atoms. The normalized spacial score (nSPS) is 10.0. The van der Waals surface area contributed by atoms with Gasteiger partial charge in [-0.05, 0) is 35.9 Å². The summed E-state index contributed by atoms with van der Waals surface area (Å²) in [5.41, 5.74) is 1.70. The molecule has 2 rings (SSSR count). The first kappa shape index (κ1) is 16.5. The van der Waals surface area contributed by atoms with Crippen LogP contribution in [0.5, 0.6) is 5.75 Å². The Labute approximate surface area is 133 Å². The van der Waals surface area contributed by atoms with Crippen molar-refractivity contribution in [2.75, 3.05) is 17.7 Å². The van der Waals surface area contributed by atoms with Gasteiger partial charge in [-0.15, -0.1) is 0 Å². The zero-order chi connectivity index (χ0) is 16.8. The number of methoxy groups -OCH3 is 1. The molecule has 0 bridgehead atoms. The van der Waals surface area contributed by atoms with Crippen molar-refractivity contribution in [3.63, 3.8) is 0 Å². The minimum absolute atomic E-state index is 0.105. The molecule has 0 heterocycles. The van der Waals surface area contributed by atoms with Gasteiger partial charge in [0, 0.05) is 12.6 Å². The van der Waals surface area contributed by atoms with Crippen LogP contribution in [0.15, 0.2) is 42.5 Å². The fourth-order valence-corrected chi connectivity index (χ4v) is 2.07. The quantitative estimate of drug-likeness (QED) is 0.891. The molecule has 2 N–H and O–H groups in total. The van der Waals surface area contributed by atoms with Crippen LogP contribution in [0.1, 0.15) is 12.5 Å². The molecule has 0 spiro atoms. The SMILES string of the molecule is COc1ccc(NC(C)=O)cc1NC(=O)Cc1ccc(F)cc1. The predicted molar refractivity (Wildman–Crippen MR) is 86.0 cm³/mol. The van der Waals surface area contributed by atoms with Crippen LogP contribution in [-0.4, -0.2) is 18.9 Å². The van der Waals surface area contributed by atoms with Crippen molar-refractivity contribution >= 4 is 23.2 Å². The monoisotopic (exact) mass is 316 g/mol. The van der Waals surface area contributed by atoms with Gasteiger partial charge < -0.3 is 15.4 Å². The molecule has 0 aliphatic heterocycles. The lowest BCUT2D eigenvalue weighted by atomic mass is 10.1. The largest absolute Gasteiger partial charge is 0.495 e. The average molecular weight is 316 g/mol. The number of halogens is 1. The molecule has 0 saturated carbocycles. The number of hydrogen-bond acceptors (Lipinski definition) is 3. The van der Waals surface area contributed by atoms with E-state index in [1.165, 1.54) is 26.2 Å². The number of ether oxygens (including phenoxy) is 1. The molecule has 2 amide bonds. The van der Waals surface area contributed by atoms with Crippen molar-refractivity contribution in [3.05, 3.63) is 53.8 Å². The lowest BCUT2D eigenvalue weighted by Crippen LogP contribution is -2.15. The van der Waals surface area contributed by atoms with E-state index in [1.807, 2.05) is 0 Å². The van der Waals surface area contributed by atoms with Gasteiger partial charge in [0.1, 0.15) is 11.6 Å². The van der Waals surface area contributed by atoms with Crippen molar-refractivity contribution in [3.8, 4) is 5.75 Å². The maximum Gasteiger partial charge on any atom is 0.228 e. The van der Waals surface area contributed by atoms with Crippen LogP contribution in [0.4, 0.5) is 15.8 Å². The van der Waals surface area contributed by atoms with Crippen LogP contribution in [0, 0.1) is 5.82 Å². The lowest BCUT2D eigenvalue weighted by molar-refractivity contribution is -0.116. The summed E-state index contributed by atoms with van der Waals surface area (Å²) in [5, 5.41) is 5.37. The maximum absolute atomic E-state index is 12.9. The molecule has 6 heteroatoms. The van der Waals surface area contributed by atoms with Crippen LogP contribution < -0.4 is 15.4 Å². The van der Waals surface area contributed by atoms with E-state index in [4.69, 9.17) is 4.74 Å². The van der Waals surface area contributed by atoms with Gasteiger partial charge in [-0.3, -0.25) is 9.59 Å². The van der Waals surface area contributed by atoms with Gasteiger partial charge >= 0.3 is 0 Å². The zero-order valence-corrected chi connectivity index (χ0v) is 12.9. The number of carbonyl (C=O) groups is 2. The van der Waals surface area contributed by atoms with E-state index < -0.39 is 0 Å². The van der Waals surface area contributed by atoms with Crippen molar-refractivity contribution in [2.45, 2.75) is 13.3 Å². The van der Waals surface area contributed by atoms with E-state index in [2.05, 4.69) is 10.6 Å². The average Bonchev–Trinajstić information content (AvgIpc) is 2.49. The number of amides is 2. The zero-order valence-electron chi connectivity index (χ0n) is 12.9. The topological polar surface area (TPSA) is 67.4 Å². The summed E-state index contributed by atoms with van der Waals surface area (Å²) < 4.78 is 18.1. The van der Waals surface area contributed by atoms with Gasteiger partial charge in [0.15, 0.2) is 0 Å². The van der Waals surface area contributed by atoms with Crippen molar-refractivity contribution < 1.29 is 18.7 Å². The van der Waals surface area contributed by atoms with Crippen molar-refractivity contribution in [2.24, 2.45) is 0 Å². The Morgan fingerprint density at radius 3 is 2.39 bits per heavy atom. The van der Waals surface area contributed by atoms with Gasteiger partial charge in [-0.25, -0.2) is 4.39 Å². The number of hydrogen-bond donors (Lipinski definition) is 2. The molecule has 0 atom stereocenters. The van der Waals surface area contributed by atoms with Crippen LogP contribution in [0.25, 0.3) is 0 Å². The smallest absolute Gasteiger partial charge is 0.228 e. The highest BCUT2D eigenvalue weighted by Crippen LogP contribution is 2.28. The Balaban J connectivity index is 2.12. The summed E-state index contributed by atoms with van der Waals surface area (Å²) in [6.07, 6.45) is 0.105. The van der Waals surface area contributed by atoms with E-state index in [-0.39, 0.29) is 24.1 Å². The molecule has 0 aliphatic carbocycles. The number of anilines is 2. The fourth-order valence-electron chi connectivity index (χ4n) is 2.07. The van der Waals surface area contributed by atoms with Crippen LogP contribution in [-0.2, 0) is 16.0 Å². The summed E-state index contributed by atoms with van der Waals surface area (Å²) >= 11 is 0. The third-order valence-corrected chi connectivity index (χ3v) is 3.07. The molecule has 5 nitrogen and oxygen atoms in total. The Bertz CT molecular complexity index is 714. The Morgan fingerprint density at radius 1 is 1.09 bits per heavy atom. The molecule has 2 aromatic rings. The fraction of sp³-hybridized carbons (Fsp3) is 0.176. The molecule has 0 saturated heterocycles. The van der Waals surface area contributed by atoms with Gasteiger partial charge in [-0.2, -0.15) is 0 Å². The number of nitrogens with one attached hydrogen (secondary N) is 2. The molecule has 120 valence electrons. The van der Waals surface area contributed by atoms with E-state index in [0.29, 0.717) is 22.7 Å². The number of carbonyl (C=O) groups excluding carboxylic acids is 2. The van der Waals surface area contributed by atoms with Gasteiger partial charge in [0.05, 0.1) is 19.2 Å². The Kier molecular flexibility index (Phi) is 5.30. The molecule has 0 radical (unpaired) electrons. The Morgan fingerprint density at radius 2 is 1.78 bits per heavy atom. The molecule has 0 unspecified atom stereocenters. The number of rotatable bonds is 5. The molecular weight excluding hydrogens is 299 g/mol. The number of benzene rings is 2. The molecule has 0 aromatic heterocycles. The minimum Gasteiger partial charge on any atom is -0.495 e. The highest BCUT2D eigenvalue weighted by Gasteiger charge is 2.10. The maximum atomic E-state index is 12.9. The Hall–Kier alpha value is -2.89. The van der Waals surface area contributed by atoms with Gasteiger partial charge in [0.2, 0.25) is 11.8 Å². The molecule has 0 aliphatic rings. The highest BCUT2D eigenvalue weighted by atomic mass is 19.1. The molecule has 2 aromatic carbocycles. The first-order chi connectivity index (χ1) is 11.0. The first-order valence-corrected chi connectivity index (χ1v) is 6.98. The summed E-state index contributed by atoms with van der Waals surface area (Å²) in [6, 6.07) is 10.7. The molecule has 0 fully saturated rings. The van der Waals surface area contributed by atoms with Crippen LogP contribution in [0.3, 0.4) is 0 Å². The summed E-state index contributed by atoms with van der Waals surface area (Å²) in [4.78, 5) is 23.2. The van der Waals surface area contributed by atoms with E-state index in [9.17, 15) is 14.0 Å². The second-order valence-corrected chi connectivity index (χ2v) is 4.95. The van der Waals surface area contributed by atoms with E-state index >= 15 is 0 Å². The predicted octanol–water partition coefficient (Wildman–Crippen LogP) is 2.97. The summed E-state index contributed by atoms with van der Waals surface area (Å²) in [5.74, 6) is -0.348. The van der Waals surface area contributed by atoms with Crippen LogP contribution >= 0.6 is 0 Å². The second-order valence-electron chi connectivity index (χ2n) is 4.95. The molecular formula is C17H17FN2O3. The second kappa shape index (κ2) is 7.40. The highest BCUT2D eigenvalue weighted by molar-refractivity contribution is 5.95. The summed E-state index contributed by atoms with van der Waals surface area (Å²) in [7, 11) is 1.49. The third-order valence-electron chi connectivity index (χ3n) is 3.07. The first-order valence-electron chi connectivity index (χ1n) is 6.98. The van der Waals surface area contributed by atoms with E-state index in [0.717, 1.165) is 0 Å². The van der Waals surface area contributed by atoms with Gasteiger partial charge in [-0.1, -0.05) is 12.1 Å². The van der Waals surface area contributed by atoms with E-state index in [1.54, 1.807) is 30.3 Å². The summed E-state index contributed by atoms with van der Waals surface area (Å²) in [6.45, 7) is 1.40. The van der Waals surface area contributed by atoms with Crippen LogP contribution in [0.2, 0.25) is 0 Å². The van der Waals surface area contributed by atoms with Crippen molar-refractivity contribution in [1.29, 1.82) is 0 Å². The van der Waals surface area contributed by atoms with Crippen molar-refractivity contribution in [1.82, 2.24) is 0 Å². The lowest BCUT2D eigenvalue weighted by Gasteiger charge is -2.12. The standard InChI is InChI=1S/C17H17FN2O3/c1-11(21)19-14-7-8-16(23-2)15(10-14)20-17(22)9-12-3-5-13(18)6-4-12/h3-8,10H,9H2,1-2H3,(H,19,21)(H,20,22). The minimum atomic E-state index is -0.348. The van der Waals surface area contributed by atoms with Gasteiger partial charge in [0.25, 0.3) is 0 Å².